The predicted molar refractivity (Wildman–Crippen MR) is 35.6 cm³/mol. The van der Waals surface area contributed by atoms with Crippen LogP contribution in [0.4, 0.5) is 0 Å². The Morgan fingerprint density at radius 2 is 2.12 bits per heavy atom. The highest BCUT2D eigenvalue weighted by Crippen LogP contribution is 2.29. The van der Waals surface area contributed by atoms with Crippen molar-refractivity contribution in [2.24, 2.45) is 11.7 Å². The van der Waals surface area contributed by atoms with E-state index in [-0.39, 0.29) is 0 Å². The molecule has 0 aliphatic heterocycles. The summed E-state index contributed by atoms with van der Waals surface area (Å²) in [5.74, 6) is 1.05. The Morgan fingerprint density at radius 3 is 2.50 bits per heavy atom. The Labute approximate surface area is 51.3 Å². The lowest BCUT2D eigenvalue weighted by Gasteiger charge is -2.24. The second-order valence-corrected chi connectivity index (χ2v) is 2.73. The molecule has 1 fully saturated rings. The van der Waals surface area contributed by atoms with Gasteiger partial charge in [0.25, 0.3) is 0 Å². The minimum absolute atomic E-state index is 0.885. The number of rotatable bonds is 3. The number of hydrogen-bond acceptors (Lipinski definition) is 1. The normalized spacial score (nSPS) is 20.6. The molecule has 0 heterocycles. The maximum absolute atomic E-state index is 5.36. The summed E-state index contributed by atoms with van der Waals surface area (Å²) in [6.45, 7) is 0.885. The molecule has 2 N–H and O–H groups in total. The molecule has 1 aliphatic rings. The quantitative estimate of drug-likeness (QED) is 0.590. The predicted octanol–water partition coefficient (Wildman–Crippen LogP) is 1.53. The third-order valence-electron chi connectivity index (χ3n) is 2.04. The van der Waals surface area contributed by atoms with E-state index in [0.717, 1.165) is 12.5 Å². The van der Waals surface area contributed by atoms with E-state index in [0.29, 0.717) is 0 Å². The smallest absolute Gasteiger partial charge is 0.00772 e. The van der Waals surface area contributed by atoms with E-state index in [1.54, 1.807) is 0 Å². The van der Waals surface area contributed by atoms with Gasteiger partial charge in [-0.15, -0.1) is 0 Å². The van der Waals surface area contributed by atoms with E-state index in [4.69, 9.17) is 5.73 Å². The van der Waals surface area contributed by atoms with Crippen molar-refractivity contribution in [3.05, 3.63) is 0 Å². The van der Waals surface area contributed by atoms with E-state index in [1.807, 2.05) is 0 Å². The highest BCUT2D eigenvalue weighted by atomic mass is 14.5. The molecule has 48 valence electrons. The Bertz CT molecular complexity index is 57.4. The SMILES string of the molecule is NCCCC1CCC1. The van der Waals surface area contributed by atoms with Crippen molar-refractivity contribution in [2.45, 2.75) is 32.1 Å². The van der Waals surface area contributed by atoms with Gasteiger partial charge in [-0.3, -0.25) is 0 Å². The molecule has 0 spiro atoms. The van der Waals surface area contributed by atoms with Crippen LogP contribution in [0.1, 0.15) is 32.1 Å². The van der Waals surface area contributed by atoms with Crippen LogP contribution < -0.4 is 5.73 Å². The van der Waals surface area contributed by atoms with Crippen molar-refractivity contribution in [1.82, 2.24) is 0 Å². The van der Waals surface area contributed by atoms with Crippen LogP contribution in [0.2, 0.25) is 0 Å². The second-order valence-electron chi connectivity index (χ2n) is 2.73. The largest absolute Gasteiger partial charge is 0.330 e. The van der Waals surface area contributed by atoms with Gasteiger partial charge in [-0.25, -0.2) is 0 Å². The van der Waals surface area contributed by atoms with Gasteiger partial charge < -0.3 is 5.73 Å². The minimum atomic E-state index is 0.885. The fourth-order valence-electron chi connectivity index (χ4n) is 1.19. The number of hydrogen-bond donors (Lipinski definition) is 1. The molecule has 1 aliphatic carbocycles. The van der Waals surface area contributed by atoms with Crippen molar-refractivity contribution in [3.8, 4) is 0 Å². The third kappa shape index (κ3) is 1.48. The van der Waals surface area contributed by atoms with E-state index < -0.39 is 0 Å². The minimum Gasteiger partial charge on any atom is -0.330 e. The zero-order chi connectivity index (χ0) is 5.82. The van der Waals surface area contributed by atoms with Crippen molar-refractivity contribution in [1.29, 1.82) is 0 Å². The van der Waals surface area contributed by atoms with Gasteiger partial charge in [0.15, 0.2) is 0 Å². The van der Waals surface area contributed by atoms with Gasteiger partial charge >= 0.3 is 0 Å². The van der Waals surface area contributed by atoms with Crippen molar-refractivity contribution < 1.29 is 0 Å². The van der Waals surface area contributed by atoms with E-state index in [2.05, 4.69) is 0 Å². The fraction of sp³-hybridized carbons (Fsp3) is 1.00. The Kier molecular flexibility index (Phi) is 2.34. The molecular formula is C7H15N. The molecule has 0 aromatic heterocycles. The summed E-state index contributed by atoms with van der Waals surface area (Å²) < 4.78 is 0. The van der Waals surface area contributed by atoms with Crippen LogP contribution in [0.25, 0.3) is 0 Å². The van der Waals surface area contributed by atoms with E-state index >= 15 is 0 Å². The Hall–Kier alpha value is -0.0400. The lowest BCUT2D eigenvalue weighted by molar-refractivity contribution is 0.291. The summed E-state index contributed by atoms with van der Waals surface area (Å²) in [7, 11) is 0. The first-order valence-corrected chi connectivity index (χ1v) is 3.63. The average Bonchev–Trinajstić information content (AvgIpc) is 1.63. The van der Waals surface area contributed by atoms with Crippen LogP contribution in [0, 0.1) is 5.92 Å². The molecule has 0 unspecified atom stereocenters. The van der Waals surface area contributed by atoms with Gasteiger partial charge in [-0.05, 0) is 25.3 Å². The molecular weight excluding hydrogens is 98.1 g/mol. The van der Waals surface area contributed by atoms with Crippen molar-refractivity contribution in [3.63, 3.8) is 0 Å². The summed E-state index contributed by atoms with van der Waals surface area (Å²) in [6.07, 6.45) is 7.04. The monoisotopic (exact) mass is 113 g/mol. The van der Waals surface area contributed by atoms with Crippen LogP contribution in [-0.4, -0.2) is 6.54 Å². The first-order chi connectivity index (χ1) is 3.93. The lowest BCUT2D eigenvalue weighted by Crippen LogP contribution is -2.12. The Balaban J connectivity index is 1.86. The van der Waals surface area contributed by atoms with Crippen LogP contribution in [-0.2, 0) is 0 Å². The first-order valence-electron chi connectivity index (χ1n) is 3.63. The van der Waals surface area contributed by atoms with Crippen molar-refractivity contribution >= 4 is 0 Å². The molecule has 1 heteroatoms. The molecule has 0 radical (unpaired) electrons. The molecule has 0 amide bonds. The lowest BCUT2D eigenvalue weighted by atomic mass is 9.82. The Morgan fingerprint density at radius 1 is 1.38 bits per heavy atom. The van der Waals surface area contributed by atoms with Crippen LogP contribution >= 0.6 is 0 Å². The highest BCUT2D eigenvalue weighted by Gasteiger charge is 2.15. The summed E-state index contributed by atoms with van der Waals surface area (Å²) in [5.41, 5.74) is 5.36. The van der Waals surface area contributed by atoms with Crippen molar-refractivity contribution in [2.75, 3.05) is 6.54 Å². The van der Waals surface area contributed by atoms with Gasteiger partial charge in [-0.2, -0.15) is 0 Å². The van der Waals surface area contributed by atoms with E-state index in [9.17, 15) is 0 Å². The molecule has 0 saturated heterocycles. The maximum atomic E-state index is 5.36. The van der Waals surface area contributed by atoms with Gasteiger partial charge in [0.1, 0.15) is 0 Å². The molecule has 0 aromatic carbocycles. The zero-order valence-corrected chi connectivity index (χ0v) is 5.40. The van der Waals surface area contributed by atoms with E-state index in [1.165, 1.54) is 32.1 Å². The summed E-state index contributed by atoms with van der Waals surface area (Å²) in [4.78, 5) is 0. The van der Waals surface area contributed by atoms with Gasteiger partial charge in [-0.1, -0.05) is 19.3 Å². The summed E-state index contributed by atoms with van der Waals surface area (Å²) >= 11 is 0. The average molecular weight is 113 g/mol. The summed E-state index contributed by atoms with van der Waals surface area (Å²) in [5, 5.41) is 0. The molecule has 0 bridgehead atoms. The van der Waals surface area contributed by atoms with Crippen LogP contribution in [0.15, 0.2) is 0 Å². The zero-order valence-electron chi connectivity index (χ0n) is 5.40. The van der Waals surface area contributed by atoms with Crippen LogP contribution in [0.3, 0.4) is 0 Å². The molecule has 0 aromatic rings. The fourth-order valence-corrected chi connectivity index (χ4v) is 1.19. The van der Waals surface area contributed by atoms with Gasteiger partial charge in [0, 0.05) is 0 Å². The molecule has 1 saturated carbocycles. The number of nitrogens with two attached hydrogens (primary N) is 1. The molecule has 1 nitrogen and oxygen atoms in total. The molecule has 8 heavy (non-hydrogen) atoms. The van der Waals surface area contributed by atoms with Gasteiger partial charge in [0.2, 0.25) is 0 Å². The molecule has 0 atom stereocenters. The molecule has 1 rings (SSSR count). The third-order valence-corrected chi connectivity index (χ3v) is 2.04. The second kappa shape index (κ2) is 3.08. The standard InChI is InChI=1S/C7H15N/c8-6-2-5-7-3-1-4-7/h7H,1-6,8H2. The summed E-state index contributed by atoms with van der Waals surface area (Å²) in [6, 6.07) is 0. The van der Waals surface area contributed by atoms with Gasteiger partial charge in [0.05, 0.1) is 0 Å². The van der Waals surface area contributed by atoms with Crippen LogP contribution in [0.5, 0.6) is 0 Å². The highest BCUT2D eigenvalue weighted by molar-refractivity contribution is 4.68. The maximum Gasteiger partial charge on any atom is -0.00772 e. The first kappa shape index (κ1) is 6.09. The topological polar surface area (TPSA) is 26.0 Å².